The van der Waals surface area contributed by atoms with Crippen LogP contribution in [0.1, 0.15) is 47.4 Å². The number of benzene rings is 2. The highest BCUT2D eigenvalue weighted by molar-refractivity contribution is 6.42. The van der Waals surface area contributed by atoms with Crippen LogP contribution in [0.4, 0.5) is 0 Å². The summed E-state index contributed by atoms with van der Waals surface area (Å²) in [4.78, 5) is 27.1. The smallest absolute Gasteiger partial charge is 0.254 e. The van der Waals surface area contributed by atoms with Crippen molar-refractivity contribution in [3.8, 4) is 0 Å². The van der Waals surface area contributed by atoms with Crippen LogP contribution in [0.2, 0.25) is 10.0 Å². The van der Waals surface area contributed by atoms with Gasteiger partial charge in [-0.1, -0.05) is 47.5 Å². The number of rotatable bonds is 5. The zero-order chi connectivity index (χ0) is 20.3. The third-order valence-corrected chi connectivity index (χ3v) is 5.65. The number of hydrogen-bond donors (Lipinski definition) is 2. The molecule has 0 aromatic heterocycles. The molecule has 5 nitrogen and oxygen atoms in total. The Labute approximate surface area is 174 Å². The molecular formula is C21H22Cl2N2O3. The summed E-state index contributed by atoms with van der Waals surface area (Å²) in [6, 6.07) is 11.6. The quantitative estimate of drug-likeness (QED) is 0.768. The first-order valence-electron chi connectivity index (χ1n) is 9.17. The minimum absolute atomic E-state index is 0.175. The van der Waals surface area contributed by atoms with Crippen molar-refractivity contribution in [2.45, 2.75) is 38.5 Å². The van der Waals surface area contributed by atoms with E-state index in [0.717, 1.165) is 17.5 Å². The van der Waals surface area contributed by atoms with Crippen LogP contribution < -0.4 is 5.32 Å². The van der Waals surface area contributed by atoms with E-state index in [1.807, 2.05) is 24.3 Å². The van der Waals surface area contributed by atoms with Gasteiger partial charge in [0.05, 0.1) is 16.1 Å². The number of hydrogen-bond acceptors (Lipinski definition) is 3. The van der Waals surface area contributed by atoms with Crippen LogP contribution in [0.5, 0.6) is 0 Å². The van der Waals surface area contributed by atoms with Crippen LogP contribution in [0.25, 0.3) is 0 Å². The number of aliphatic hydroxyl groups excluding tert-OH is 1. The number of nitrogens with zero attached hydrogens (tertiary/aromatic N) is 1. The van der Waals surface area contributed by atoms with Crippen LogP contribution in [0.3, 0.4) is 0 Å². The Kier molecular flexibility index (Phi) is 6.60. The van der Waals surface area contributed by atoms with Crippen molar-refractivity contribution in [1.82, 2.24) is 10.2 Å². The Morgan fingerprint density at radius 3 is 2.54 bits per heavy atom. The summed E-state index contributed by atoms with van der Waals surface area (Å²) < 4.78 is 0. The van der Waals surface area contributed by atoms with Gasteiger partial charge in [-0.3, -0.25) is 9.59 Å². The molecule has 2 atom stereocenters. The van der Waals surface area contributed by atoms with Crippen molar-refractivity contribution in [3.63, 3.8) is 0 Å². The molecule has 2 N–H and O–H groups in total. The minimum atomic E-state index is -0.525. The maximum Gasteiger partial charge on any atom is 0.254 e. The summed E-state index contributed by atoms with van der Waals surface area (Å²) in [6.45, 7) is 2.60. The topological polar surface area (TPSA) is 69.6 Å². The summed E-state index contributed by atoms with van der Waals surface area (Å²) >= 11 is 11.9. The molecule has 1 heterocycles. The largest absolute Gasteiger partial charge is 0.389 e. The van der Waals surface area contributed by atoms with Gasteiger partial charge in [0.1, 0.15) is 6.04 Å². The molecule has 0 unspecified atom stereocenters. The van der Waals surface area contributed by atoms with Crippen molar-refractivity contribution in [2.75, 3.05) is 6.54 Å². The van der Waals surface area contributed by atoms with Gasteiger partial charge in [0.15, 0.2) is 0 Å². The molecule has 7 heteroatoms. The van der Waals surface area contributed by atoms with E-state index in [-0.39, 0.29) is 11.8 Å². The number of halogens is 2. The van der Waals surface area contributed by atoms with Crippen LogP contribution in [-0.2, 0) is 11.3 Å². The highest BCUT2D eigenvalue weighted by atomic mass is 35.5. The lowest BCUT2D eigenvalue weighted by Gasteiger charge is -2.24. The average molecular weight is 421 g/mol. The lowest BCUT2D eigenvalue weighted by atomic mass is 10.1. The lowest BCUT2D eigenvalue weighted by molar-refractivity contribution is -0.125. The zero-order valence-electron chi connectivity index (χ0n) is 15.5. The maximum atomic E-state index is 12.8. The van der Waals surface area contributed by atoms with E-state index in [2.05, 4.69) is 5.32 Å². The minimum Gasteiger partial charge on any atom is -0.389 e. The van der Waals surface area contributed by atoms with Gasteiger partial charge < -0.3 is 15.3 Å². The summed E-state index contributed by atoms with van der Waals surface area (Å²) in [5.74, 6) is -0.400. The van der Waals surface area contributed by atoms with Crippen molar-refractivity contribution in [2.24, 2.45) is 0 Å². The van der Waals surface area contributed by atoms with Gasteiger partial charge in [-0.15, -0.1) is 0 Å². The molecule has 0 saturated carbocycles. The second-order valence-electron chi connectivity index (χ2n) is 6.92. The number of carbonyl (C=O) groups excluding carboxylic acids is 2. The molecule has 148 valence electrons. The van der Waals surface area contributed by atoms with Crippen molar-refractivity contribution in [3.05, 3.63) is 69.2 Å². The maximum absolute atomic E-state index is 12.8. The van der Waals surface area contributed by atoms with Gasteiger partial charge in [-0.25, -0.2) is 0 Å². The van der Waals surface area contributed by atoms with Crippen molar-refractivity contribution >= 4 is 35.0 Å². The third kappa shape index (κ3) is 4.66. The number of likely N-dealkylation sites (tertiary alicyclic amines) is 1. The van der Waals surface area contributed by atoms with E-state index in [4.69, 9.17) is 23.2 Å². The summed E-state index contributed by atoms with van der Waals surface area (Å²) in [7, 11) is 0. The molecule has 0 spiro atoms. The van der Waals surface area contributed by atoms with Crippen molar-refractivity contribution in [1.29, 1.82) is 0 Å². The normalized spacial score (nSPS) is 17.4. The molecule has 28 heavy (non-hydrogen) atoms. The van der Waals surface area contributed by atoms with Gasteiger partial charge in [0, 0.05) is 18.7 Å². The van der Waals surface area contributed by atoms with E-state index in [1.165, 1.54) is 6.07 Å². The van der Waals surface area contributed by atoms with Crippen LogP contribution in [0.15, 0.2) is 42.5 Å². The molecule has 0 aliphatic carbocycles. The van der Waals surface area contributed by atoms with E-state index in [1.54, 1.807) is 24.0 Å². The van der Waals surface area contributed by atoms with E-state index in [9.17, 15) is 14.7 Å². The fourth-order valence-electron chi connectivity index (χ4n) is 3.30. The number of nitrogens with one attached hydrogen (secondary N) is 1. The highest BCUT2D eigenvalue weighted by Crippen LogP contribution is 2.26. The molecule has 3 rings (SSSR count). The van der Waals surface area contributed by atoms with E-state index in [0.29, 0.717) is 35.1 Å². The summed E-state index contributed by atoms with van der Waals surface area (Å²) in [6.07, 6.45) is 0.872. The standard InChI is InChI=1S/C21H22Cl2N2O3/c1-13(26)15-6-4-14(5-7-15)12-24-20(27)19-3-2-10-25(19)21(28)16-8-9-17(22)18(23)11-16/h4-9,11,13,19,26H,2-3,10,12H2,1H3,(H,24,27)/t13-,19+/m0/s1. The lowest BCUT2D eigenvalue weighted by Crippen LogP contribution is -2.45. The van der Waals surface area contributed by atoms with Gasteiger partial charge >= 0.3 is 0 Å². The molecule has 1 aliphatic rings. The summed E-state index contributed by atoms with van der Waals surface area (Å²) in [5.41, 5.74) is 2.17. The molecule has 1 aliphatic heterocycles. The SMILES string of the molecule is C[C@H](O)c1ccc(CNC(=O)[C@H]2CCCN2C(=O)c2ccc(Cl)c(Cl)c2)cc1. The van der Waals surface area contributed by atoms with Crippen LogP contribution >= 0.6 is 23.2 Å². The van der Waals surface area contributed by atoms with Gasteiger partial charge in [-0.2, -0.15) is 0 Å². The first-order chi connectivity index (χ1) is 13.4. The predicted molar refractivity (Wildman–Crippen MR) is 109 cm³/mol. The first-order valence-corrected chi connectivity index (χ1v) is 9.93. The highest BCUT2D eigenvalue weighted by Gasteiger charge is 2.34. The Morgan fingerprint density at radius 1 is 1.18 bits per heavy atom. The number of aliphatic hydroxyl groups is 1. The van der Waals surface area contributed by atoms with Gasteiger partial charge in [-0.05, 0) is 49.1 Å². The fraction of sp³-hybridized carbons (Fsp3) is 0.333. The number of amides is 2. The third-order valence-electron chi connectivity index (χ3n) is 4.91. The Hall–Kier alpha value is -2.08. The Balaban J connectivity index is 1.63. The molecule has 2 aromatic carbocycles. The fourth-order valence-corrected chi connectivity index (χ4v) is 3.60. The van der Waals surface area contributed by atoms with Gasteiger partial charge in [0.2, 0.25) is 5.91 Å². The van der Waals surface area contributed by atoms with Crippen molar-refractivity contribution < 1.29 is 14.7 Å². The predicted octanol–water partition coefficient (Wildman–Crippen LogP) is 3.97. The average Bonchev–Trinajstić information content (AvgIpc) is 3.18. The molecular weight excluding hydrogens is 399 g/mol. The molecule has 1 saturated heterocycles. The van der Waals surface area contributed by atoms with E-state index >= 15 is 0 Å². The second-order valence-corrected chi connectivity index (χ2v) is 7.74. The first kappa shape index (κ1) is 20.6. The molecule has 0 radical (unpaired) electrons. The molecule has 2 aromatic rings. The van der Waals surface area contributed by atoms with Gasteiger partial charge in [0.25, 0.3) is 5.91 Å². The Morgan fingerprint density at radius 2 is 1.89 bits per heavy atom. The zero-order valence-corrected chi connectivity index (χ0v) is 17.0. The monoisotopic (exact) mass is 420 g/mol. The van der Waals surface area contributed by atoms with Crippen LogP contribution in [0, 0.1) is 0 Å². The second kappa shape index (κ2) is 8.95. The molecule has 1 fully saturated rings. The van der Waals surface area contributed by atoms with E-state index < -0.39 is 12.1 Å². The number of carbonyl (C=O) groups is 2. The Bertz CT molecular complexity index is 868. The summed E-state index contributed by atoms with van der Waals surface area (Å²) in [5, 5.41) is 13.2. The molecule has 2 amide bonds. The van der Waals surface area contributed by atoms with Crippen LogP contribution in [-0.4, -0.2) is 34.4 Å². The molecule has 0 bridgehead atoms.